The zero-order valence-corrected chi connectivity index (χ0v) is 12.9. The number of hydrogen-bond donors (Lipinski definition) is 3. The lowest BCUT2D eigenvalue weighted by Gasteiger charge is -2.32. The minimum Gasteiger partial charge on any atom is -0.338 e. The third-order valence-electron chi connectivity index (χ3n) is 3.77. The van der Waals surface area contributed by atoms with Crippen molar-refractivity contribution in [2.75, 3.05) is 26.2 Å². The summed E-state index contributed by atoms with van der Waals surface area (Å²) < 4.78 is 0. The Kier molecular flexibility index (Phi) is 7.54. The maximum atomic E-state index is 12.0. The summed E-state index contributed by atoms with van der Waals surface area (Å²) in [6, 6.07) is -0.272. The van der Waals surface area contributed by atoms with Gasteiger partial charge in [-0.1, -0.05) is 13.3 Å². The van der Waals surface area contributed by atoms with Crippen molar-refractivity contribution < 1.29 is 9.59 Å². The molecule has 6 nitrogen and oxygen atoms in total. The number of likely N-dealkylation sites (N-methyl/N-ethyl adjacent to an activating group) is 1. The average molecular weight is 284 g/mol. The maximum Gasteiger partial charge on any atom is 0.321 e. The van der Waals surface area contributed by atoms with Crippen molar-refractivity contribution in [3.05, 3.63) is 0 Å². The molecule has 1 heterocycles. The fraction of sp³-hybridized carbons (Fsp3) is 0.857. The number of nitrogens with one attached hydrogen (secondary N) is 3. The molecule has 116 valence electrons. The Labute approximate surface area is 121 Å². The first-order chi connectivity index (χ1) is 9.58. The van der Waals surface area contributed by atoms with Gasteiger partial charge < -0.3 is 10.6 Å². The molecule has 1 aliphatic heterocycles. The molecule has 0 aromatic carbocycles. The van der Waals surface area contributed by atoms with Crippen molar-refractivity contribution in [1.82, 2.24) is 20.9 Å². The highest BCUT2D eigenvalue weighted by Gasteiger charge is 2.24. The third-order valence-corrected chi connectivity index (χ3v) is 3.77. The number of imide groups is 1. The van der Waals surface area contributed by atoms with Crippen molar-refractivity contribution in [2.45, 2.75) is 52.1 Å². The minimum atomic E-state index is -0.420. The van der Waals surface area contributed by atoms with Crippen LogP contribution in [0.3, 0.4) is 0 Å². The highest BCUT2D eigenvalue weighted by Crippen LogP contribution is 2.10. The van der Waals surface area contributed by atoms with E-state index in [-0.39, 0.29) is 11.9 Å². The molecule has 3 amide bonds. The van der Waals surface area contributed by atoms with Gasteiger partial charge in [0.2, 0.25) is 5.91 Å². The monoisotopic (exact) mass is 284 g/mol. The summed E-state index contributed by atoms with van der Waals surface area (Å²) in [4.78, 5) is 25.5. The molecule has 1 rings (SSSR count). The van der Waals surface area contributed by atoms with Crippen molar-refractivity contribution in [2.24, 2.45) is 0 Å². The van der Waals surface area contributed by atoms with Crippen LogP contribution in [-0.2, 0) is 4.79 Å². The van der Waals surface area contributed by atoms with Crippen molar-refractivity contribution in [3.63, 3.8) is 0 Å². The molecule has 0 saturated carbocycles. The fourth-order valence-corrected chi connectivity index (χ4v) is 2.51. The number of hydrogen-bond acceptors (Lipinski definition) is 4. The molecule has 0 aromatic heterocycles. The first-order valence-corrected chi connectivity index (χ1v) is 7.64. The van der Waals surface area contributed by atoms with Gasteiger partial charge in [0, 0.05) is 19.1 Å². The van der Waals surface area contributed by atoms with E-state index in [9.17, 15) is 9.59 Å². The number of nitrogens with zero attached hydrogens (tertiary/aromatic N) is 1. The number of rotatable bonds is 6. The summed E-state index contributed by atoms with van der Waals surface area (Å²) in [5.74, 6) is -0.242. The van der Waals surface area contributed by atoms with Crippen LogP contribution < -0.4 is 16.0 Å². The molecule has 0 aromatic rings. The van der Waals surface area contributed by atoms with Gasteiger partial charge in [0.15, 0.2) is 0 Å². The average Bonchev–Trinajstić information content (AvgIpc) is 2.45. The van der Waals surface area contributed by atoms with Gasteiger partial charge in [-0.15, -0.1) is 0 Å². The molecule has 0 aliphatic carbocycles. The number of carbonyl (C=O) groups is 2. The lowest BCUT2D eigenvalue weighted by Crippen LogP contribution is -2.53. The van der Waals surface area contributed by atoms with Crippen molar-refractivity contribution in [3.8, 4) is 0 Å². The van der Waals surface area contributed by atoms with Gasteiger partial charge in [0.25, 0.3) is 0 Å². The topological polar surface area (TPSA) is 73.5 Å². The van der Waals surface area contributed by atoms with Gasteiger partial charge in [-0.05, 0) is 39.8 Å². The minimum absolute atomic E-state index is 0.242. The van der Waals surface area contributed by atoms with Gasteiger partial charge in [-0.2, -0.15) is 0 Å². The quantitative estimate of drug-likeness (QED) is 0.671. The van der Waals surface area contributed by atoms with Gasteiger partial charge in [0.05, 0.1) is 6.04 Å². The van der Waals surface area contributed by atoms with Crippen molar-refractivity contribution in [1.29, 1.82) is 0 Å². The molecule has 2 unspecified atom stereocenters. The number of piperidine rings is 1. The van der Waals surface area contributed by atoms with Crippen LogP contribution in [0, 0.1) is 0 Å². The Balaban J connectivity index is 2.45. The van der Waals surface area contributed by atoms with Crippen LogP contribution in [0.1, 0.15) is 40.0 Å². The number of carbonyl (C=O) groups excluding carboxylic acids is 2. The van der Waals surface area contributed by atoms with E-state index in [0.717, 1.165) is 26.1 Å². The zero-order valence-electron chi connectivity index (χ0n) is 12.9. The highest BCUT2D eigenvalue weighted by molar-refractivity contribution is 5.96. The van der Waals surface area contributed by atoms with Crippen LogP contribution in [0.15, 0.2) is 0 Å². The lowest BCUT2D eigenvalue weighted by molar-refractivity contribution is -0.124. The van der Waals surface area contributed by atoms with Crippen LogP contribution in [0.2, 0.25) is 0 Å². The maximum absolute atomic E-state index is 12.0. The van der Waals surface area contributed by atoms with Gasteiger partial charge >= 0.3 is 6.03 Å². The summed E-state index contributed by atoms with van der Waals surface area (Å²) in [5.41, 5.74) is 0. The first kappa shape index (κ1) is 16.9. The smallest absolute Gasteiger partial charge is 0.321 e. The summed E-state index contributed by atoms with van der Waals surface area (Å²) in [7, 11) is 0. The summed E-state index contributed by atoms with van der Waals surface area (Å²) >= 11 is 0. The second kappa shape index (κ2) is 8.92. The van der Waals surface area contributed by atoms with Crippen molar-refractivity contribution >= 4 is 11.9 Å². The molecule has 0 spiro atoms. The van der Waals surface area contributed by atoms with E-state index in [0.29, 0.717) is 12.6 Å². The van der Waals surface area contributed by atoms with E-state index in [1.54, 1.807) is 0 Å². The first-order valence-electron chi connectivity index (χ1n) is 7.64. The highest BCUT2D eigenvalue weighted by atomic mass is 16.2. The molecule has 2 atom stereocenters. The van der Waals surface area contributed by atoms with Crippen LogP contribution in [0.4, 0.5) is 4.79 Å². The number of amides is 3. The van der Waals surface area contributed by atoms with E-state index < -0.39 is 6.03 Å². The summed E-state index contributed by atoms with van der Waals surface area (Å²) in [6.45, 7) is 8.92. The second-order valence-electron chi connectivity index (χ2n) is 5.26. The van der Waals surface area contributed by atoms with Crippen LogP contribution in [0.25, 0.3) is 0 Å². The van der Waals surface area contributed by atoms with Gasteiger partial charge in [-0.3, -0.25) is 15.0 Å². The summed E-state index contributed by atoms with van der Waals surface area (Å²) in [5, 5.41) is 8.44. The Morgan fingerprint density at radius 2 is 2.10 bits per heavy atom. The zero-order chi connectivity index (χ0) is 15.0. The molecule has 1 fully saturated rings. The molecular formula is C14H28N4O2. The van der Waals surface area contributed by atoms with Gasteiger partial charge in [-0.25, -0.2) is 4.79 Å². The molecule has 0 bridgehead atoms. The van der Waals surface area contributed by atoms with Gasteiger partial charge in [0.1, 0.15) is 0 Å². The SMILES string of the molecule is CCNC(=O)NC(=O)C(C)N(CC)CC1CCCCN1. The largest absolute Gasteiger partial charge is 0.338 e. The number of urea groups is 1. The predicted octanol–water partition coefficient (Wildman–Crippen LogP) is 0.685. The van der Waals surface area contributed by atoms with E-state index in [1.165, 1.54) is 12.8 Å². The second-order valence-corrected chi connectivity index (χ2v) is 5.26. The predicted molar refractivity (Wildman–Crippen MR) is 79.6 cm³/mol. The molecule has 20 heavy (non-hydrogen) atoms. The molecule has 0 radical (unpaired) electrons. The van der Waals surface area contributed by atoms with E-state index in [4.69, 9.17) is 0 Å². The van der Waals surface area contributed by atoms with Crippen LogP contribution >= 0.6 is 0 Å². The molecule has 1 saturated heterocycles. The van der Waals surface area contributed by atoms with E-state index in [1.807, 2.05) is 20.8 Å². The Bertz CT molecular complexity index is 316. The fourth-order valence-electron chi connectivity index (χ4n) is 2.51. The van der Waals surface area contributed by atoms with Crippen LogP contribution in [0.5, 0.6) is 0 Å². The Morgan fingerprint density at radius 3 is 2.65 bits per heavy atom. The van der Waals surface area contributed by atoms with E-state index >= 15 is 0 Å². The Morgan fingerprint density at radius 1 is 1.35 bits per heavy atom. The van der Waals surface area contributed by atoms with E-state index in [2.05, 4.69) is 20.9 Å². The molecule has 3 N–H and O–H groups in total. The molecule has 1 aliphatic rings. The molecular weight excluding hydrogens is 256 g/mol. The molecule has 6 heteroatoms. The summed E-state index contributed by atoms with van der Waals surface area (Å²) in [6.07, 6.45) is 3.63. The lowest BCUT2D eigenvalue weighted by atomic mass is 10.0. The third kappa shape index (κ3) is 5.46. The van der Waals surface area contributed by atoms with Crippen LogP contribution in [-0.4, -0.2) is 55.1 Å². The Hall–Kier alpha value is -1.14. The standard InChI is InChI=1S/C14H28N4O2/c1-4-15-14(20)17-13(19)11(3)18(5-2)10-12-8-6-7-9-16-12/h11-12,16H,4-10H2,1-3H3,(H2,15,17,19,20). The normalized spacial score (nSPS) is 20.5.